The van der Waals surface area contributed by atoms with E-state index in [0.29, 0.717) is 16.9 Å². The van der Waals surface area contributed by atoms with Crippen LogP contribution in [0.2, 0.25) is 0 Å². The molecule has 70 heavy (non-hydrogen) atoms. The fourth-order valence-electron chi connectivity index (χ4n) is 7.08. The van der Waals surface area contributed by atoms with Gasteiger partial charge in [0.25, 0.3) is 16.1 Å². The zero-order chi connectivity index (χ0) is 51.6. The van der Waals surface area contributed by atoms with Crippen LogP contribution in [0.3, 0.4) is 0 Å². The number of aromatic hydroxyl groups is 1. The molecule has 4 bridgehead atoms. The minimum atomic E-state index is -4.52. The number of hydrogen-bond donors (Lipinski definition) is 11. The average Bonchev–Trinajstić information content (AvgIpc) is 3.30. The van der Waals surface area contributed by atoms with Crippen LogP contribution < -0.4 is 51.5 Å². The van der Waals surface area contributed by atoms with E-state index in [0.717, 1.165) is 11.9 Å². The Bertz CT molecular complexity index is 2670. The molecular weight excluding hydrogens is 937 g/mol. The summed E-state index contributed by atoms with van der Waals surface area (Å²) in [5.74, 6) is -5.56. The molecule has 24 nitrogen and oxygen atoms in total. The summed E-state index contributed by atoms with van der Waals surface area (Å²) >= 11 is 0. The Hall–Kier alpha value is -7.00. The Kier molecular flexibility index (Phi) is 18.1. The van der Waals surface area contributed by atoms with E-state index >= 15 is 0 Å². The number of rotatable bonds is 19. The van der Waals surface area contributed by atoms with Crippen LogP contribution >= 0.6 is 0 Å². The van der Waals surface area contributed by atoms with Gasteiger partial charge in [-0.2, -0.15) is 13.1 Å². The van der Waals surface area contributed by atoms with E-state index in [-0.39, 0.29) is 77.5 Å². The van der Waals surface area contributed by atoms with Crippen molar-refractivity contribution in [2.45, 2.75) is 76.6 Å². The standard InChI is InChI=1S/C45H58N10O14S/c1-22(2)69-30-9-7-26(8-10-30)40-49-18-33(23(3)51-40)42(60)54-35(19-50-70(48,65)66)44(62)55(5)38-27-14-32(39(58)37(15-27)68-21-29(57)17-47)31-12-25(6-11-36(31)67-20-28(56)16-46)13-34(45(63)64)53-41(59)24(4)52-43(38)61/h6-12,14-15,18,22,24,28-29,34-35,38,50,56-58H,13,16-17,19-21,46-47H2,1-5H3,(H,52,61)(H,53,59)(H,54,60)(H,63,64)(H2,48,65,66)/t24-,28+,29+,34?,35-,38-/m0/s1. The Morgan fingerprint density at radius 3 is 2.16 bits per heavy atom. The minimum absolute atomic E-state index is 0.0111. The third-order valence-corrected chi connectivity index (χ3v) is 11.3. The molecule has 1 aromatic heterocycles. The minimum Gasteiger partial charge on any atom is -0.504 e. The summed E-state index contributed by atoms with van der Waals surface area (Å²) < 4.78 is 43.9. The number of ether oxygens (including phenoxy) is 3. The van der Waals surface area contributed by atoms with Crippen molar-refractivity contribution in [2.24, 2.45) is 16.6 Å². The van der Waals surface area contributed by atoms with Gasteiger partial charge in [-0.1, -0.05) is 6.07 Å². The first-order valence-corrected chi connectivity index (χ1v) is 23.4. The van der Waals surface area contributed by atoms with E-state index in [2.05, 4.69) is 25.9 Å². The SMILES string of the molecule is Cc1nc(-c2ccc(OC(C)C)cc2)ncc1C(=O)N[C@@H](CNS(N)(=O)=O)C(=O)N(C)[C@@H]1C(=O)N[C@@H](C)C(=O)NC(C(=O)O)Cc2ccc(OC[C@H](O)CN)c(c2)-c2cc1cc(OC[C@H](O)CN)c2O. The van der Waals surface area contributed by atoms with Crippen molar-refractivity contribution < 1.29 is 67.0 Å². The number of phenolic OH excluding ortho intramolecular Hbond substituents is 1. The van der Waals surface area contributed by atoms with Gasteiger partial charge in [0.2, 0.25) is 17.7 Å². The van der Waals surface area contributed by atoms with Crippen molar-refractivity contribution >= 4 is 39.8 Å². The number of amides is 4. The Morgan fingerprint density at radius 1 is 0.929 bits per heavy atom. The number of nitrogens with one attached hydrogen (secondary N) is 4. The van der Waals surface area contributed by atoms with Crippen LogP contribution in [0.1, 0.15) is 54.0 Å². The van der Waals surface area contributed by atoms with Crippen molar-refractivity contribution in [2.75, 3.05) is 39.9 Å². The summed E-state index contributed by atoms with van der Waals surface area (Å²) in [4.78, 5) is 79.0. The predicted molar refractivity (Wildman–Crippen MR) is 251 cm³/mol. The van der Waals surface area contributed by atoms with Gasteiger partial charge < -0.3 is 67.0 Å². The highest BCUT2D eigenvalue weighted by molar-refractivity contribution is 7.87. The zero-order valence-electron chi connectivity index (χ0n) is 38.9. The quantitative estimate of drug-likeness (QED) is 0.0522. The number of hydrogen-bond acceptors (Lipinski definition) is 17. The summed E-state index contributed by atoms with van der Waals surface area (Å²) in [5.41, 5.74) is 12.0. The molecule has 0 fully saturated rings. The summed E-state index contributed by atoms with van der Waals surface area (Å²) in [7, 11) is -3.39. The molecule has 14 N–H and O–H groups in total. The largest absolute Gasteiger partial charge is 0.504 e. The number of carboxylic acid groups (broad SMARTS) is 1. The second kappa shape index (κ2) is 23.5. The molecule has 0 spiro atoms. The Labute approximate surface area is 403 Å². The first-order valence-electron chi connectivity index (χ1n) is 21.8. The molecule has 0 saturated carbocycles. The number of phenols is 1. The lowest BCUT2D eigenvalue weighted by molar-refractivity contribution is -0.143. The van der Waals surface area contributed by atoms with Gasteiger partial charge in [0.1, 0.15) is 61.1 Å². The molecule has 25 heteroatoms. The van der Waals surface area contributed by atoms with Gasteiger partial charge in [-0.15, -0.1) is 0 Å². The molecule has 4 aromatic rings. The molecule has 0 aliphatic carbocycles. The third-order valence-electron chi connectivity index (χ3n) is 10.7. The molecule has 1 aliphatic rings. The fourth-order valence-corrected chi connectivity index (χ4v) is 7.48. The number of carbonyl (C=O) groups is 5. The average molecular weight is 995 g/mol. The van der Waals surface area contributed by atoms with E-state index < -0.39 is 95.1 Å². The van der Waals surface area contributed by atoms with Crippen LogP contribution in [0.5, 0.6) is 23.0 Å². The zero-order valence-corrected chi connectivity index (χ0v) is 39.7. The number of benzene rings is 3. The maximum absolute atomic E-state index is 14.8. The molecule has 378 valence electrons. The van der Waals surface area contributed by atoms with E-state index in [1.165, 1.54) is 50.4 Å². The van der Waals surface area contributed by atoms with Crippen LogP contribution in [-0.4, -0.2) is 150 Å². The number of aliphatic hydroxyl groups excluding tert-OH is 2. The van der Waals surface area contributed by atoms with Crippen molar-refractivity contribution in [3.05, 3.63) is 83.2 Å². The van der Waals surface area contributed by atoms with Crippen LogP contribution in [0.25, 0.3) is 22.5 Å². The second-order valence-electron chi connectivity index (χ2n) is 16.6. The Morgan fingerprint density at radius 2 is 1.57 bits per heavy atom. The van der Waals surface area contributed by atoms with E-state index in [1.807, 2.05) is 18.6 Å². The van der Waals surface area contributed by atoms with Crippen LogP contribution in [0.15, 0.2) is 60.8 Å². The van der Waals surface area contributed by atoms with Crippen molar-refractivity contribution in [1.29, 1.82) is 0 Å². The first kappa shape index (κ1) is 53.9. The highest BCUT2D eigenvalue weighted by atomic mass is 32.2. The number of aryl methyl sites for hydroxylation is 1. The molecule has 4 amide bonds. The van der Waals surface area contributed by atoms with Gasteiger partial charge >= 0.3 is 5.97 Å². The summed E-state index contributed by atoms with van der Waals surface area (Å²) in [5, 5.41) is 55.3. The highest BCUT2D eigenvalue weighted by Gasteiger charge is 2.37. The number of fused-ring (bicyclic) bond motifs is 5. The number of aliphatic hydroxyl groups is 2. The van der Waals surface area contributed by atoms with Crippen molar-refractivity contribution in [3.8, 4) is 45.5 Å². The first-order chi connectivity index (χ1) is 33.0. The smallest absolute Gasteiger partial charge is 0.326 e. The van der Waals surface area contributed by atoms with Crippen molar-refractivity contribution in [1.82, 2.24) is 35.5 Å². The molecular formula is C45H58N10O14S. The topological polar surface area (TPSA) is 383 Å². The Balaban J connectivity index is 1.64. The van der Waals surface area contributed by atoms with E-state index in [9.17, 15) is 52.8 Å². The van der Waals surface area contributed by atoms with Gasteiger partial charge in [0.05, 0.1) is 17.4 Å². The normalized spacial score (nSPS) is 17.5. The van der Waals surface area contributed by atoms with Gasteiger partial charge in [-0.25, -0.2) is 19.9 Å². The van der Waals surface area contributed by atoms with Gasteiger partial charge in [-0.05, 0) is 87.4 Å². The summed E-state index contributed by atoms with van der Waals surface area (Å²) in [6.07, 6.45) is -1.55. The molecule has 0 saturated heterocycles. The number of likely N-dealkylation sites (N-methyl/N-ethyl adjacent to an activating group) is 1. The summed E-state index contributed by atoms with van der Waals surface area (Å²) in [6.45, 7) is 4.39. The van der Waals surface area contributed by atoms with Gasteiger partial charge in [0.15, 0.2) is 17.3 Å². The number of aromatic nitrogens is 2. The molecule has 3 aromatic carbocycles. The monoisotopic (exact) mass is 994 g/mol. The van der Waals surface area contributed by atoms with Crippen LogP contribution in [0.4, 0.5) is 0 Å². The van der Waals surface area contributed by atoms with E-state index in [4.69, 9.17) is 30.8 Å². The maximum atomic E-state index is 14.8. The summed E-state index contributed by atoms with van der Waals surface area (Å²) in [6, 6.07) is 7.03. The third kappa shape index (κ3) is 14.1. The van der Waals surface area contributed by atoms with E-state index in [1.54, 1.807) is 24.3 Å². The van der Waals surface area contributed by atoms with Gasteiger partial charge in [-0.3, -0.25) is 19.2 Å². The van der Waals surface area contributed by atoms with Crippen LogP contribution in [0, 0.1) is 6.92 Å². The fraction of sp³-hybridized carbons (Fsp3) is 0.400. The highest BCUT2D eigenvalue weighted by Crippen LogP contribution is 2.45. The number of nitrogens with two attached hydrogens (primary N) is 3. The number of nitrogens with zero attached hydrogens (tertiary/aromatic N) is 3. The van der Waals surface area contributed by atoms with Crippen molar-refractivity contribution in [3.63, 3.8) is 0 Å². The molecule has 1 unspecified atom stereocenters. The molecule has 5 rings (SSSR count). The lowest BCUT2D eigenvalue weighted by atomic mass is 9.93. The number of aliphatic carboxylic acids is 1. The van der Waals surface area contributed by atoms with Gasteiger partial charge in [0, 0.05) is 56.0 Å². The molecule has 6 atom stereocenters. The molecule has 0 radical (unpaired) electrons. The predicted octanol–water partition coefficient (Wildman–Crippen LogP) is -1.27. The lowest BCUT2D eigenvalue weighted by Gasteiger charge is -2.33. The lowest BCUT2D eigenvalue weighted by Crippen LogP contribution is -2.57. The number of carboxylic acids is 1. The molecule has 1 aliphatic heterocycles. The number of carbonyl (C=O) groups excluding carboxylic acids is 4. The molecule has 2 heterocycles. The second-order valence-corrected chi connectivity index (χ2v) is 18.0. The van der Waals surface area contributed by atoms with Crippen LogP contribution in [-0.2, 0) is 35.8 Å². The maximum Gasteiger partial charge on any atom is 0.326 e.